The van der Waals surface area contributed by atoms with Gasteiger partial charge in [0.25, 0.3) is 0 Å². The molecule has 284 valence electrons. The lowest BCUT2D eigenvalue weighted by atomic mass is 9.61. The van der Waals surface area contributed by atoms with Crippen molar-refractivity contribution in [3.05, 3.63) is 253 Å². The van der Waals surface area contributed by atoms with E-state index >= 15 is 0 Å². The molecule has 0 bridgehead atoms. The smallest absolute Gasteiger partial charge is 0.0726 e. The molecule has 61 heavy (non-hydrogen) atoms. The molecule has 10 aromatic carbocycles. The molecule has 13 rings (SSSR count). The van der Waals surface area contributed by atoms with Crippen LogP contribution in [0.25, 0.3) is 71.6 Å². The van der Waals surface area contributed by atoms with E-state index in [1.54, 1.807) is 0 Å². The number of fused-ring (bicyclic) bond motifs is 12. The van der Waals surface area contributed by atoms with E-state index in [1.165, 1.54) is 88.2 Å². The minimum Gasteiger partial charge on any atom is -0.310 e. The average Bonchev–Trinajstić information content (AvgIpc) is 3.82. The maximum atomic E-state index is 2.51. The van der Waals surface area contributed by atoms with Crippen LogP contribution in [0.1, 0.15) is 22.3 Å². The molecule has 2 heteroatoms. The Hall–Kier alpha value is -7.94. The molecule has 2 aliphatic carbocycles. The van der Waals surface area contributed by atoms with Crippen molar-refractivity contribution in [2.75, 3.05) is 4.90 Å². The van der Waals surface area contributed by atoms with Crippen LogP contribution in [0.4, 0.5) is 17.1 Å². The molecule has 0 aliphatic heterocycles. The highest BCUT2D eigenvalue weighted by Gasteiger charge is 2.50. The molecule has 1 spiro atoms. The van der Waals surface area contributed by atoms with Crippen LogP contribution in [0.15, 0.2) is 231 Å². The number of aromatic nitrogens is 1. The second kappa shape index (κ2) is 13.0. The monoisotopic (exact) mass is 774 g/mol. The van der Waals surface area contributed by atoms with Gasteiger partial charge in [0, 0.05) is 33.5 Å². The van der Waals surface area contributed by atoms with Gasteiger partial charge in [-0.25, -0.2) is 0 Å². The quantitative estimate of drug-likeness (QED) is 0.169. The van der Waals surface area contributed by atoms with E-state index in [-0.39, 0.29) is 0 Å². The standard InChI is InChI=1S/C59H38N2/c1-4-16-39(17-5-1)41-30-33-47-46-24-10-12-27-52(46)59(54(47)36-41)53-28-15-19-40-18-14-26-51(58(40)53)48-34-31-44(37-55(48)59)60(42-20-6-2-7-21-42)45-32-35-50-49-25-11-13-29-56(49)61(57(50)38-45)43-22-8-3-9-23-43/h1-38H. The molecule has 0 radical (unpaired) electrons. The Balaban J connectivity index is 1.12. The molecule has 1 atom stereocenters. The third kappa shape index (κ3) is 4.79. The zero-order chi connectivity index (χ0) is 40.1. The number of hydrogen-bond donors (Lipinski definition) is 0. The first-order valence-corrected chi connectivity index (χ1v) is 21.2. The molecule has 1 aromatic heterocycles. The van der Waals surface area contributed by atoms with Gasteiger partial charge in [-0.2, -0.15) is 0 Å². The van der Waals surface area contributed by atoms with E-state index in [0.29, 0.717) is 0 Å². The third-order valence-corrected chi connectivity index (χ3v) is 13.4. The van der Waals surface area contributed by atoms with E-state index in [2.05, 4.69) is 240 Å². The van der Waals surface area contributed by atoms with Crippen molar-refractivity contribution >= 4 is 49.6 Å². The maximum absolute atomic E-state index is 2.51. The summed E-state index contributed by atoms with van der Waals surface area (Å²) in [6.45, 7) is 0. The first kappa shape index (κ1) is 34.0. The van der Waals surface area contributed by atoms with Crippen LogP contribution in [-0.2, 0) is 5.41 Å². The zero-order valence-corrected chi connectivity index (χ0v) is 33.3. The first-order valence-electron chi connectivity index (χ1n) is 21.2. The van der Waals surface area contributed by atoms with Crippen LogP contribution in [-0.4, -0.2) is 4.57 Å². The van der Waals surface area contributed by atoms with Crippen molar-refractivity contribution < 1.29 is 0 Å². The summed E-state index contributed by atoms with van der Waals surface area (Å²) in [6.07, 6.45) is 0. The summed E-state index contributed by atoms with van der Waals surface area (Å²) in [5, 5.41) is 5.08. The summed E-state index contributed by atoms with van der Waals surface area (Å²) < 4.78 is 2.41. The Morgan fingerprint density at radius 1 is 0.328 bits per heavy atom. The average molecular weight is 775 g/mol. The number of anilines is 3. The maximum Gasteiger partial charge on any atom is 0.0726 e. The van der Waals surface area contributed by atoms with Gasteiger partial charge in [0.1, 0.15) is 0 Å². The minimum absolute atomic E-state index is 0.567. The summed E-state index contributed by atoms with van der Waals surface area (Å²) in [5.41, 5.74) is 19.2. The van der Waals surface area contributed by atoms with E-state index in [0.717, 1.165) is 22.7 Å². The highest BCUT2D eigenvalue weighted by atomic mass is 15.1. The second-order valence-corrected chi connectivity index (χ2v) is 16.4. The van der Waals surface area contributed by atoms with Crippen LogP contribution in [0.3, 0.4) is 0 Å². The van der Waals surface area contributed by atoms with Crippen LogP contribution in [0, 0.1) is 0 Å². The molecule has 0 fully saturated rings. The minimum atomic E-state index is -0.567. The predicted molar refractivity (Wildman–Crippen MR) is 255 cm³/mol. The van der Waals surface area contributed by atoms with Gasteiger partial charge >= 0.3 is 0 Å². The summed E-state index contributed by atoms with van der Waals surface area (Å²) in [5.74, 6) is 0. The van der Waals surface area contributed by atoms with Gasteiger partial charge in [-0.1, -0.05) is 170 Å². The largest absolute Gasteiger partial charge is 0.310 e. The van der Waals surface area contributed by atoms with Gasteiger partial charge in [-0.15, -0.1) is 0 Å². The predicted octanol–water partition coefficient (Wildman–Crippen LogP) is 15.4. The molecular formula is C59H38N2. The highest BCUT2D eigenvalue weighted by molar-refractivity contribution is 6.11. The van der Waals surface area contributed by atoms with Gasteiger partial charge in [0.2, 0.25) is 0 Å². The lowest BCUT2D eigenvalue weighted by molar-refractivity contribution is 0.773. The van der Waals surface area contributed by atoms with Crippen LogP contribution in [0.2, 0.25) is 0 Å². The molecule has 11 aromatic rings. The fourth-order valence-electron chi connectivity index (χ4n) is 10.9. The molecule has 2 aliphatic rings. The van der Waals surface area contributed by atoms with Crippen molar-refractivity contribution in [3.63, 3.8) is 0 Å². The van der Waals surface area contributed by atoms with Gasteiger partial charge in [0.15, 0.2) is 0 Å². The summed E-state index contributed by atoms with van der Waals surface area (Å²) in [4.78, 5) is 2.45. The fraction of sp³-hybridized carbons (Fsp3) is 0.0169. The molecule has 0 amide bonds. The molecular weight excluding hydrogens is 737 g/mol. The third-order valence-electron chi connectivity index (χ3n) is 13.4. The van der Waals surface area contributed by atoms with Gasteiger partial charge in [-0.3, -0.25) is 0 Å². The second-order valence-electron chi connectivity index (χ2n) is 16.4. The molecule has 2 nitrogen and oxygen atoms in total. The van der Waals surface area contributed by atoms with Crippen molar-refractivity contribution in [1.82, 2.24) is 4.57 Å². The lowest BCUT2D eigenvalue weighted by Gasteiger charge is -2.41. The molecule has 1 unspecified atom stereocenters. The van der Waals surface area contributed by atoms with Crippen molar-refractivity contribution in [2.24, 2.45) is 0 Å². The first-order chi connectivity index (χ1) is 30.3. The normalized spacial score (nSPS) is 14.6. The number of benzene rings is 10. The van der Waals surface area contributed by atoms with Crippen LogP contribution in [0.5, 0.6) is 0 Å². The molecule has 0 saturated carbocycles. The van der Waals surface area contributed by atoms with E-state index in [4.69, 9.17) is 0 Å². The molecule has 0 N–H and O–H groups in total. The summed E-state index contributed by atoms with van der Waals surface area (Å²) in [7, 11) is 0. The zero-order valence-electron chi connectivity index (χ0n) is 33.3. The summed E-state index contributed by atoms with van der Waals surface area (Å²) in [6, 6.07) is 85.5. The fourth-order valence-corrected chi connectivity index (χ4v) is 10.9. The Morgan fingerprint density at radius 2 is 0.918 bits per heavy atom. The van der Waals surface area contributed by atoms with Crippen molar-refractivity contribution in [2.45, 2.75) is 5.41 Å². The van der Waals surface area contributed by atoms with E-state index in [9.17, 15) is 0 Å². The van der Waals surface area contributed by atoms with Gasteiger partial charge in [0.05, 0.1) is 16.4 Å². The van der Waals surface area contributed by atoms with Crippen LogP contribution >= 0.6 is 0 Å². The van der Waals surface area contributed by atoms with Crippen LogP contribution < -0.4 is 4.90 Å². The number of hydrogen-bond acceptors (Lipinski definition) is 1. The number of rotatable bonds is 5. The highest BCUT2D eigenvalue weighted by Crippen LogP contribution is 2.63. The Kier molecular flexibility index (Phi) is 7.26. The number of nitrogens with zero attached hydrogens (tertiary/aromatic N) is 2. The van der Waals surface area contributed by atoms with E-state index < -0.39 is 5.41 Å². The summed E-state index contributed by atoms with van der Waals surface area (Å²) >= 11 is 0. The van der Waals surface area contributed by atoms with Crippen molar-refractivity contribution in [1.29, 1.82) is 0 Å². The Labute approximate surface area is 354 Å². The SMILES string of the molecule is c1ccc(-c2ccc3c(c2)C2(c4ccccc4-3)c3cc(N(c4ccccc4)c4ccc5c6ccccc6n(-c6ccccc6)c5c4)ccc3-c3cccc4cccc2c34)cc1. The molecule has 0 saturated heterocycles. The Bertz CT molecular complexity index is 3520. The van der Waals surface area contributed by atoms with Gasteiger partial charge < -0.3 is 9.47 Å². The van der Waals surface area contributed by atoms with Crippen molar-refractivity contribution in [3.8, 4) is 39.1 Å². The number of para-hydroxylation sites is 3. The molecule has 1 heterocycles. The topological polar surface area (TPSA) is 8.17 Å². The van der Waals surface area contributed by atoms with Gasteiger partial charge in [-0.05, 0) is 127 Å². The Morgan fingerprint density at radius 3 is 1.77 bits per heavy atom. The lowest BCUT2D eigenvalue weighted by Crippen LogP contribution is -2.32. The van der Waals surface area contributed by atoms with E-state index in [1.807, 2.05) is 0 Å².